The number of hydrogen-bond acceptors (Lipinski definition) is 4. The summed E-state index contributed by atoms with van der Waals surface area (Å²) in [7, 11) is 2.69. The van der Waals surface area contributed by atoms with E-state index < -0.39 is 0 Å². The van der Waals surface area contributed by atoms with Crippen LogP contribution in [0.1, 0.15) is 39.5 Å². The molecule has 0 spiro atoms. The number of carbonyl (C=O) groups is 2. The van der Waals surface area contributed by atoms with Crippen LogP contribution in [-0.4, -0.2) is 26.2 Å². The fraction of sp³-hybridized carbons (Fsp3) is 0.400. The largest absolute Gasteiger partial charge is 0.466 e. The molecule has 24 heavy (non-hydrogen) atoms. The molecule has 0 bridgehead atoms. The number of unbranched alkanes of at least 4 members (excludes halogenated alkanes) is 2. The van der Waals surface area contributed by atoms with Crippen LogP contribution in [0.15, 0.2) is 35.5 Å². The minimum atomic E-state index is -0.355. The molecule has 0 aromatic rings. The number of carbonyl (C=O) groups excluding carboxylic acids is 2. The molecule has 0 saturated carbocycles. The van der Waals surface area contributed by atoms with E-state index in [-0.39, 0.29) is 11.9 Å². The lowest BCUT2D eigenvalue weighted by Crippen LogP contribution is -1.93. The van der Waals surface area contributed by atoms with E-state index in [2.05, 4.69) is 33.2 Å². The first-order chi connectivity index (χ1) is 11.5. The molecule has 0 saturated heterocycles. The number of methoxy groups -OCH3 is 2. The van der Waals surface area contributed by atoms with E-state index >= 15 is 0 Å². The summed E-state index contributed by atoms with van der Waals surface area (Å²) in [6, 6.07) is 0. The molecule has 0 radical (unpaired) electrons. The third-order valence-electron chi connectivity index (χ3n) is 2.90. The minimum absolute atomic E-state index is 0.355. The van der Waals surface area contributed by atoms with Crippen molar-refractivity contribution in [1.82, 2.24) is 0 Å². The van der Waals surface area contributed by atoms with Crippen LogP contribution in [0, 0.1) is 23.7 Å². The van der Waals surface area contributed by atoms with Gasteiger partial charge in [-0.1, -0.05) is 35.8 Å². The Bertz CT molecular complexity index is 572. The number of rotatable bonds is 6. The van der Waals surface area contributed by atoms with Gasteiger partial charge in [0.1, 0.15) is 0 Å². The van der Waals surface area contributed by atoms with E-state index in [9.17, 15) is 9.59 Å². The van der Waals surface area contributed by atoms with E-state index in [0.29, 0.717) is 25.7 Å². The highest BCUT2D eigenvalue weighted by atomic mass is 16.5. The summed E-state index contributed by atoms with van der Waals surface area (Å²) >= 11 is 0. The van der Waals surface area contributed by atoms with Gasteiger partial charge in [-0.25, -0.2) is 9.59 Å². The number of ether oxygens (including phenoxy) is 2. The lowest BCUT2D eigenvalue weighted by molar-refractivity contribution is -0.135. The van der Waals surface area contributed by atoms with Crippen molar-refractivity contribution < 1.29 is 19.1 Å². The Balaban J connectivity index is 4.26. The summed E-state index contributed by atoms with van der Waals surface area (Å²) in [6.07, 6.45) is 9.03. The Kier molecular flexibility index (Phi) is 12.3. The first kappa shape index (κ1) is 21.3. The Morgan fingerprint density at radius 3 is 1.50 bits per heavy atom. The molecular weight excluding hydrogens is 304 g/mol. The normalized spacial score (nSPS) is 11.2. The van der Waals surface area contributed by atoms with Gasteiger partial charge in [0.15, 0.2) is 0 Å². The van der Waals surface area contributed by atoms with Crippen LogP contribution >= 0.6 is 0 Å². The van der Waals surface area contributed by atoms with Gasteiger partial charge in [-0.3, -0.25) is 0 Å². The molecular formula is C20H24O4. The molecule has 0 amide bonds. The summed E-state index contributed by atoms with van der Waals surface area (Å²) in [6.45, 7) is 3.86. The van der Waals surface area contributed by atoms with Crippen molar-refractivity contribution in [3.63, 3.8) is 0 Å². The van der Waals surface area contributed by atoms with Gasteiger partial charge in [0.25, 0.3) is 0 Å². The number of esters is 2. The smallest absolute Gasteiger partial charge is 0.330 e. The van der Waals surface area contributed by atoms with Crippen LogP contribution < -0.4 is 0 Å². The van der Waals surface area contributed by atoms with Gasteiger partial charge < -0.3 is 9.47 Å². The summed E-state index contributed by atoms with van der Waals surface area (Å²) in [4.78, 5) is 21.7. The second kappa shape index (κ2) is 13.9. The highest BCUT2D eigenvalue weighted by molar-refractivity contribution is 5.82. The lowest BCUT2D eigenvalue weighted by atomic mass is 10.1. The van der Waals surface area contributed by atoms with Gasteiger partial charge in [0.2, 0.25) is 0 Å². The first-order valence-electron chi connectivity index (χ1n) is 7.65. The van der Waals surface area contributed by atoms with Crippen LogP contribution in [0.5, 0.6) is 0 Å². The first-order valence-corrected chi connectivity index (χ1v) is 7.65. The van der Waals surface area contributed by atoms with Crippen molar-refractivity contribution in [2.45, 2.75) is 39.5 Å². The van der Waals surface area contributed by atoms with Crippen molar-refractivity contribution in [3.8, 4) is 23.7 Å². The highest BCUT2D eigenvalue weighted by Crippen LogP contribution is 2.01. The van der Waals surface area contributed by atoms with Crippen LogP contribution in [0.2, 0.25) is 0 Å². The maximum absolute atomic E-state index is 10.9. The van der Waals surface area contributed by atoms with E-state index in [1.165, 1.54) is 26.4 Å². The summed E-state index contributed by atoms with van der Waals surface area (Å²) in [5.74, 6) is 11.5. The molecule has 0 heterocycles. The molecule has 0 aromatic carbocycles. The predicted octanol–water partition coefficient (Wildman–Crippen LogP) is 3.35. The van der Waals surface area contributed by atoms with E-state index in [4.69, 9.17) is 0 Å². The molecule has 0 aliphatic carbocycles. The molecule has 0 fully saturated rings. The maximum Gasteiger partial charge on any atom is 0.330 e. The third-order valence-corrected chi connectivity index (χ3v) is 2.90. The Morgan fingerprint density at radius 2 is 1.17 bits per heavy atom. The fourth-order valence-electron chi connectivity index (χ4n) is 1.38. The fourth-order valence-corrected chi connectivity index (χ4v) is 1.38. The maximum atomic E-state index is 10.9. The highest BCUT2D eigenvalue weighted by Gasteiger charge is 1.90. The topological polar surface area (TPSA) is 52.6 Å². The second-order valence-electron chi connectivity index (χ2n) is 4.78. The van der Waals surface area contributed by atoms with Gasteiger partial charge in [-0.15, -0.1) is 0 Å². The molecule has 0 aromatic heterocycles. The summed E-state index contributed by atoms with van der Waals surface area (Å²) < 4.78 is 8.99. The molecule has 0 atom stereocenters. The monoisotopic (exact) mass is 328 g/mol. The van der Waals surface area contributed by atoms with Gasteiger partial charge >= 0.3 is 11.9 Å². The zero-order valence-electron chi connectivity index (χ0n) is 14.8. The minimum Gasteiger partial charge on any atom is -0.466 e. The average Bonchev–Trinajstić information content (AvgIpc) is 2.59. The standard InChI is InChI=1S/C20H24O4/c1-17(13-9-5-7-11-15-19(21)23-3)18(2)14-10-6-8-12-16-20(22)24-4/h11-12,15-16H,5-8H2,1-4H3/b15-11-,16-12-,18-17-. The van der Waals surface area contributed by atoms with Crippen molar-refractivity contribution in [3.05, 3.63) is 35.5 Å². The van der Waals surface area contributed by atoms with Gasteiger partial charge in [0, 0.05) is 36.1 Å². The molecule has 0 aliphatic rings. The summed E-state index contributed by atoms with van der Waals surface area (Å²) in [5.41, 5.74) is 1.87. The van der Waals surface area contributed by atoms with Gasteiger partial charge in [0.05, 0.1) is 14.2 Å². The number of allylic oxidation sites excluding steroid dienone is 4. The molecule has 0 unspecified atom stereocenters. The molecule has 4 nitrogen and oxygen atoms in total. The van der Waals surface area contributed by atoms with Crippen LogP contribution in [-0.2, 0) is 19.1 Å². The molecule has 4 heteroatoms. The zero-order chi connectivity index (χ0) is 18.2. The van der Waals surface area contributed by atoms with E-state index in [0.717, 1.165) is 11.1 Å². The molecule has 0 N–H and O–H groups in total. The van der Waals surface area contributed by atoms with E-state index in [1.54, 1.807) is 12.2 Å². The van der Waals surface area contributed by atoms with Crippen molar-refractivity contribution in [2.75, 3.05) is 14.2 Å². The Hall–Kier alpha value is -2.72. The van der Waals surface area contributed by atoms with Crippen LogP contribution in [0.3, 0.4) is 0 Å². The van der Waals surface area contributed by atoms with Crippen molar-refractivity contribution in [2.24, 2.45) is 0 Å². The van der Waals surface area contributed by atoms with Gasteiger partial charge in [-0.05, 0) is 26.7 Å². The lowest BCUT2D eigenvalue weighted by Gasteiger charge is -1.92. The molecule has 128 valence electrons. The van der Waals surface area contributed by atoms with Crippen LogP contribution in [0.4, 0.5) is 0 Å². The van der Waals surface area contributed by atoms with Gasteiger partial charge in [-0.2, -0.15) is 0 Å². The SMILES string of the molecule is COC(=O)/C=C\CCC#C/C(C)=C(/C)C#CCC/C=C\C(=O)OC. The zero-order valence-corrected chi connectivity index (χ0v) is 14.8. The molecule has 0 rings (SSSR count). The van der Waals surface area contributed by atoms with Crippen molar-refractivity contribution >= 4 is 11.9 Å². The third kappa shape index (κ3) is 11.9. The van der Waals surface area contributed by atoms with Crippen molar-refractivity contribution in [1.29, 1.82) is 0 Å². The van der Waals surface area contributed by atoms with E-state index in [1.807, 2.05) is 13.8 Å². The second-order valence-corrected chi connectivity index (χ2v) is 4.78. The Morgan fingerprint density at radius 1 is 0.792 bits per heavy atom. The molecule has 0 aliphatic heterocycles. The summed E-state index contributed by atoms with van der Waals surface area (Å²) in [5, 5.41) is 0. The average molecular weight is 328 g/mol. The Labute approximate surface area is 144 Å². The predicted molar refractivity (Wildman–Crippen MR) is 94.7 cm³/mol. The van der Waals surface area contributed by atoms with Crippen LogP contribution in [0.25, 0.3) is 0 Å². The number of hydrogen-bond donors (Lipinski definition) is 0. The quantitative estimate of drug-likeness (QED) is 0.325.